The number of esters is 4. The second-order valence-electron chi connectivity index (χ2n) is 29.5. The van der Waals surface area contributed by atoms with Crippen LogP contribution in [-0.4, -0.2) is 96.7 Å². The van der Waals surface area contributed by atoms with Gasteiger partial charge in [0.1, 0.15) is 19.3 Å². The van der Waals surface area contributed by atoms with E-state index in [0.717, 1.165) is 108 Å². The second-order valence-corrected chi connectivity index (χ2v) is 32.4. The molecule has 19 heteroatoms. The molecule has 0 aromatic heterocycles. The van der Waals surface area contributed by atoms with Gasteiger partial charge in [0.05, 0.1) is 26.4 Å². The Bertz CT molecular complexity index is 1910. The maximum atomic E-state index is 13.1. The summed E-state index contributed by atoms with van der Waals surface area (Å²) >= 11 is 0. The first-order valence-electron chi connectivity index (χ1n) is 41.5. The third-order valence-electron chi connectivity index (χ3n) is 19.1. The molecule has 0 spiro atoms. The van der Waals surface area contributed by atoms with Gasteiger partial charge < -0.3 is 33.8 Å². The summed E-state index contributed by atoms with van der Waals surface area (Å²) in [6.45, 7) is 9.61. The van der Waals surface area contributed by atoms with Crippen LogP contribution < -0.4 is 0 Å². The predicted molar refractivity (Wildman–Crippen MR) is 405 cm³/mol. The minimum atomic E-state index is -4.96. The summed E-state index contributed by atoms with van der Waals surface area (Å²) in [7, 11) is -9.92. The highest BCUT2D eigenvalue weighted by atomic mass is 31.2. The molecule has 0 heterocycles. The first-order valence-corrected chi connectivity index (χ1v) is 44.5. The van der Waals surface area contributed by atoms with E-state index < -0.39 is 97.5 Å². The highest BCUT2D eigenvalue weighted by molar-refractivity contribution is 7.47. The lowest BCUT2D eigenvalue weighted by Crippen LogP contribution is -2.30. The Labute approximate surface area is 607 Å². The van der Waals surface area contributed by atoms with Crippen molar-refractivity contribution in [1.82, 2.24) is 0 Å². The van der Waals surface area contributed by atoms with Crippen molar-refractivity contribution in [2.75, 3.05) is 39.6 Å². The normalized spacial score (nSPS) is 14.2. The van der Waals surface area contributed by atoms with Crippen LogP contribution in [0.25, 0.3) is 0 Å². The SMILES string of the molecule is CCCCCCCCCCCCCCCCCCCCCC(=O)O[C@H](COC(=O)CCCCCCCCCCCCCCCC(C)C)COP(=O)(O)OC[C@@H](O)COP(=O)(O)OC[C@@H](COC(=O)CCCCCCCCC(C)CC)OC(=O)CCCCCCCCCCCCCCCC. The first kappa shape index (κ1) is 97.1. The van der Waals surface area contributed by atoms with Gasteiger partial charge >= 0.3 is 39.5 Å². The van der Waals surface area contributed by atoms with Crippen molar-refractivity contribution in [2.24, 2.45) is 11.8 Å². The van der Waals surface area contributed by atoms with Crippen molar-refractivity contribution in [1.29, 1.82) is 0 Å². The topological polar surface area (TPSA) is 237 Å². The average Bonchev–Trinajstić information content (AvgIpc) is 2.62. The van der Waals surface area contributed by atoms with Crippen LogP contribution in [0.3, 0.4) is 0 Å². The first-order chi connectivity index (χ1) is 47.9. The molecule has 0 aliphatic rings. The van der Waals surface area contributed by atoms with Crippen LogP contribution in [0.1, 0.15) is 420 Å². The number of carbonyl (C=O) groups excluding carboxylic acids is 4. The maximum Gasteiger partial charge on any atom is 0.472 e. The summed E-state index contributed by atoms with van der Waals surface area (Å²) in [5.74, 6) is -0.588. The zero-order valence-electron chi connectivity index (χ0n) is 64.8. The maximum absolute atomic E-state index is 13.1. The van der Waals surface area contributed by atoms with Crippen LogP contribution in [-0.2, 0) is 65.4 Å². The molecule has 0 amide bonds. The van der Waals surface area contributed by atoms with Crippen molar-refractivity contribution >= 4 is 39.5 Å². The Morgan fingerprint density at radius 2 is 0.515 bits per heavy atom. The quantitative estimate of drug-likeness (QED) is 0.0222. The lowest BCUT2D eigenvalue weighted by molar-refractivity contribution is -0.161. The standard InChI is InChI=1S/C80H156O17P2/c1-7-10-12-14-16-18-20-22-24-25-26-27-28-32-37-41-45-53-59-65-79(84)96-75(68-90-77(82)62-56-50-43-39-35-33-29-30-34-38-42-48-54-60-72(4)5)70-94-98(86,87)92-66-74(81)67-93-99(88,89)95-71-76(69-91-78(83)63-57-51-47-46-49-55-61-73(6)9-3)97-80(85)64-58-52-44-40-36-31-23-21-19-17-15-13-11-8-2/h72-76,81H,7-71H2,1-6H3,(H,86,87)(H,88,89)/t73?,74-,75-,76-/m1/s1. The molecule has 6 atom stereocenters. The molecular weight excluding hydrogens is 1290 g/mol. The third kappa shape index (κ3) is 72.8. The van der Waals surface area contributed by atoms with E-state index in [2.05, 4.69) is 41.5 Å². The van der Waals surface area contributed by atoms with Gasteiger partial charge in [0.15, 0.2) is 12.2 Å². The van der Waals surface area contributed by atoms with Crippen LogP contribution in [0.5, 0.6) is 0 Å². The van der Waals surface area contributed by atoms with Gasteiger partial charge in [-0.05, 0) is 37.5 Å². The number of aliphatic hydroxyl groups is 1. The van der Waals surface area contributed by atoms with Crippen molar-refractivity contribution in [3.05, 3.63) is 0 Å². The third-order valence-corrected chi connectivity index (χ3v) is 21.0. The molecule has 0 saturated heterocycles. The van der Waals surface area contributed by atoms with E-state index >= 15 is 0 Å². The monoisotopic (exact) mass is 1450 g/mol. The van der Waals surface area contributed by atoms with Crippen molar-refractivity contribution in [2.45, 2.75) is 439 Å². The fourth-order valence-electron chi connectivity index (χ4n) is 12.3. The van der Waals surface area contributed by atoms with E-state index in [1.807, 2.05) is 0 Å². The minimum absolute atomic E-state index is 0.107. The van der Waals surface area contributed by atoms with Gasteiger partial charge in [0.25, 0.3) is 0 Å². The molecule has 588 valence electrons. The van der Waals surface area contributed by atoms with E-state index in [9.17, 15) is 43.2 Å². The molecule has 0 aromatic rings. The van der Waals surface area contributed by atoms with Crippen LogP contribution in [0, 0.1) is 11.8 Å². The number of rotatable bonds is 79. The number of phosphoric acid groups is 2. The number of aliphatic hydroxyl groups excluding tert-OH is 1. The second kappa shape index (κ2) is 71.7. The van der Waals surface area contributed by atoms with Gasteiger partial charge in [-0.2, -0.15) is 0 Å². The van der Waals surface area contributed by atoms with Gasteiger partial charge in [-0.3, -0.25) is 37.3 Å². The summed E-state index contributed by atoms with van der Waals surface area (Å²) in [5, 5.41) is 10.6. The minimum Gasteiger partial charge on any atom is -0.462 e. The van der Waals surface area contributed by atoms with E-state index in [0.29, 0.717) is 25.7 Å². The van der Waals surface area contributed by atoms with Gasteiger partial charge in [-0.1, -0.05) is 369 Å². The summed E-state index contributed by atoms with van der Waals surface area (Å²) in [6, 6.07) is 0. The van der Waals surface area contributed by atoms with Crippen molar-refractivity contribution in [3.63, 3.8) is 0 Å². The average molecular weight is 1450 g/mol. The Hall–Kier alpha value is -1.94. The zero-order chi connectivity index (χ0) is 72.8. The predicted octanol–water partition coefficient (Wildman–Crippen LogP) is 23.9. The lowest BCUT2D eigenvalue weighted by Gasteiger charge is -2.21. The molecule has 0 aromatic carbocycles. The Morgan fingerprint density at radius 3 is 0.768 bits per heavy atom. The summed E-state index contributed by atoms with van der Waals surface area (Å²) in [4.78, 5) is 73.0. The Kier molecular flexibility index (Phi) is 70.3. The summed E-state index contributed by atoms with van der Waals surface area (Å²) < 4.78 is 68.7. The zero-order valence-corrected chi connectivity index (χ0v) is 66.6. The lowest BCUT2D eigenvalue weighted by atomic mass is 10.00. The molecule has 0 saturated carbocycles. The fourth-order valence-corrected chi connectivity index (χ4v) is 13.9. The molecule has 0 bridgehead atoms. The van der Waals surface area contributed by atoms with Gasteiger partial charge in [0, 0.05) is 25.7 Å². The van der Waals surface area contributed by atoms with Crippen LogP contribution in [0.4, 0.5) is 0 Å². The number of hydrogen-bond acceptors (Lipinski definition) is 15. The smallest absolute Gasteiger partial charge is 0.462 e. The van der Waals surface area contributed by atoms with Crippen LogP contribution in [0.15, 0.2) is 0 Å². The van der Waals surface area contributed by atoms with Gasteiger partial charge in [0.2, 0.25) is 0 Å². The molecule has 0 rings (SSSR count). The van der Waals surface area contributed by atoms with E-state index in [1.165, 1.54) is 231 Å². The van der Waals surface area contributed by atoms with Crippen molar-refractivity contribution < 1.29 is 80.2 Å². The molecule has 0 aliphatic carbocycles. The largest absolute Gasteiger partial charge is 0.472 e. The number of ether oxygens (including phenoxy) is 4. The van der Waals surface area contributed by atoms with Crippen LogP contribution >= 0.6 is 15.6 Å². The molecular formula is C80H156O17P2. The molecule has 3 unspecified atom stereocenters. The van der Waals surface area contributed by atoms with Crippen LogP contribution in [0.2, 0.25) is 0 Å². The number of hydrogen-bond donors (Lipinski definition) is 3. The number of carbonyl (C=O) groups is 4. The summed E-state index contributed by atoms with van der Waals surface area (Å²) in [6.07, 6.45) is 61.0. The molecule has 17 nitrogen and oxygen atoms in total. The van der Waals surface area contributed by atoms with E-state index in [1.54, 1.807) is 0 Å². The molecule has 99 heavy (non-hydrogen) atoms. The Balaban J connectivity index is 5.24. The van der Waals surface area contributed by atoms with Gasteiger partial charge in [-0.25, -0.2) is 9.13 Å². The highest BCUT2D eigenvalue weighted by Crippen LogP contribution is 2.45. The fraction of sp³-hybridized carbons (Fsp3) is 0.950. The number of phosphoric ester groups is 2. The van der Waals surface area contributed by atoms with Crippen molar-refractivity contribution in [3.8, 4) is 0 Å². The molecule has 0 fully saturated rings. The van der Waals surface area contributed by atoms with E-state index in [-0.39, 0.29) is 25.7 Å². The molecule has 0 aliphatic heterocycles. The highest BCUT2D eigenvalue weighted by Gasteiger charge is 2.30. The van der Waals surface area contributed by atoms with E-state index in [4.69, 9.17) is 37.0 Å². The molecule has 0 radical (unpaired) electrons. The molecule has 3 N–H and O–H groups in total. The summed E-state index contributed by atoms with van der Waals surface area (Å²) in [5.41, 5.74) is 0. The van der Waals surface area contributed by atoms with Gasteiger partial charge in [-0.15, -0.1) is 0 Å². The number of unbranched alkanes of at least 4 members (excludes halogenated alkanes) is 48. The Morgan fingerprint density at radius 1 is 0.293 bits per heavy atom.